The van der Waals surface area contributed by atoms with E-state index < -0.39 is 0 Å². The van der Waals surface area contributed by atoms with Crippen molar-refractivity contribution in [3.05, 3.63) is 89.1 Å². The lowest BCUT2D eigenvalue weighted by atomic mass is 10.0. The Balaban J connectivity index is 1.26. The third kappa shape index (κ3) is 5.10. The van der Waals surface area contributed by atoms with Crippen LogP contribution in [0.3, 0.4) is 0 Å². The summed E-state index contributed by atoms with van der Waals surface area (Å²) in [6.07, 6.45) is 3.53. The zero-order valence-corrected chi connectivity index (χ0v) is 24.5. The average molecular weight is 580 g/mol. The van der Waals surface area contributed by atoms with Crippen molar-refractivity contribution in [2.24, 2.45) is 0 Å². The Morgan fingerprint density at radius 2 is 1.81 bits per heavy atom. The van der Waals surface area contributed by atoms with E-state index in [1.54, 1.807) is 23.0 Å². The second kappa shape index (κ2) is 10.8. The van der Waals surface area contributed by atoms with Crippen LogP contribution in [0.4, 0.5) is 21.6 Å². The van der Waals surface area contributed by atoms with Crippen molar-refractivity contribution >= 4 is 28.7 Å². The number of fused-ring (bicyclic) bond motifs is 2. The van der Waals surface area contributed by atoms with Crippen LogP contribution in [0.25, 0.3) is 16.9 Å². The van der Waals surface area contributed by atoms with Gasteiger partial charge in [0.1, 0.15) is 11.6 Å². The first kappa shape index (κ1) is 27.1. The molecule has 3 aromatic heterocycles. The van der Waals surface area contributed by atoms with Gasteiger partial charge in [0.2, 0.25) is 0 Å². The molecule has 0 bridgehead atoms. The number of halogens is 1. The summed E-state index contributed by atoms with van der Waals surface area (Å²) >= 11 is 0. The molecule has 0 atom stereocenters. The van der Waals surface area contributed by atoms with Gasteiger partial charge in [-0.15, -0.1) is 0 Å². The maximum Gasteiger partial charge on any atom is 0.276 e. The summed E-state index contributed by atoms with van der Waals surface area (Å²) in [7, 11) is 2.14. The lowest BCUT2D eigenvalue weighted by molar-refractivity contribution is 0.102. The van der Waals surface area contributed by atoms with Crippen molar-refractivity contribution < 1.29 is 9.18 Å². The molecule has 1 amide bonds. The first-order valence-corrected chi connectivity index (χ1v) is 14.6. The third-order valence-corrected chi connectivity index (χ3v) is 8.38. The van der Waals surface area contributed by atoms with Crippen molar-refractivity contribution in [3.63, 3.8) is 0 Å². The van der Waals surface area contributed by atoms with E-state index >= 15 is 0 Å². The van der Waals surface area contributed by atoms with E-state index in [1.165, 1.54) is 6.07 Å². The number of nitrogens with zero attached hydrogens (tertiary/aromatic N) is 7. The van der Waals surface area contributed by atoms with Gasteiger partial charge in [-0.3, -0.25) is 9.89 Å². The fourth-order valence-electron chi connectivity index (χ4n) is 6.04. The molecule has 10 nitrogen and oxygen atoms in total. The van der Waals surface area contributed by atoms with Crippen molar-refractivity contribution in [1.29, 1.82) is 0 Å². The van der Waals surface area contributed by atoms with Gasteiger partial charge >= 0.3 is 0 Å². The molecular weight excluding hydrogens is 545 g/mol. The minimum atomic E-state index is -0.284. The lowest BCUT2D eigenvalue weighted by Crippen LogP contribution is -2.44. The van der Waals surface area contributed by atoms with Crippen LogP contribution in [0.15, 0.2) is 60.9 Å². The van der Waals surface area contributed by atoms with Gasteiger partial charge in [0.15, 0.2) is 11.3 Å². The van der Waals surface area contributed by atoms with Gasteiger partial charge in [-0.25, -0.2) is 13.9 Å². The first-order chi connectivity index (χ1) is 20.8. The third-order valence-electron chi connectivity index (χ3n) is 8.38. The summed E-state index contributed by atoms with van der Waals surface area (Å²) in [6, 6.07) is 14.9. The van der Waals surface area contributed by atoms with Gasteiger partial charge in [0.25, 0.3) is 5.91 Å². The molecule has 1 saturated heterocycles. The Morgan fingerprint density at radius 1 is 1.00 bits per heavy atom. The number of carbonyl (C=O) groups excluding carboxylic acids is 1. The zero-order chi connectivity index (χ0) is 29.7. The molecule has 0 radical (unpaired) electrons. The standard InChI is InChI=1S/C32H34FN9O/c1-20(2)29-30(32(43)36-25-5-4-6-26(14-25)40-11-9-39(3)10-12-40)38-42-27(23-16-34-35-17-23)15-28(37-31(29)42)41-18-21-7-8-24(33)13-22(21)19-41/h4-8,13-17,20H,9-12,18-19H2,1-3H3,(H,34,35)(H,36,43). The SMILES string of the molecule is CC(C)c1c(C(=O)Nc2cccc(N3CCN(C)CC3)c2)nn2c(-c3cn[nH]c3)cc(N3Cc4ccc(F)cc4C3)nc12. The molecule has 11 heteroatoms. The molecule has 5 aromatic rings. The summed E-state index contributed by atoms with van der Waals surface area (Å²) < 4.78 is 15.7. The minimum absolute atomic E-state index is 0.0280. The van der Waals surface area contributed by atoms with Crippen LogP contribution in [0.2, 0.25) is 0 Å². The van der Waals surface area contributed by atoms with Crippen LogP contribution in [0.1, 0.15) is 46.9 Å². The topological polar surface area (TPSA) is 97.7 Å². The summed E-state index contributed by atoms with van der Waals surface area (Å²) in [6.45, 7) is 9.15. The lowest BCUT2D eigenvalue weighted by Gasteiger charge is -2.34. The molecule has 0 saturated carbocycles. The molecular formula is C32H34FN9O. The van der Waals surface area contributed by atoms with E-state index in [-0.39, 0.29) is 17.6 Å². The molecule has 2 aromatic carbocycles. The predicted molar refractivity (Wildman–Crippen MR) is 165 cm³/mol. The Kier molecular flexibility index (Phi) is 6.81. The second-order valence-electron chi connectivity index (χ2n) is 11.7. The number of benzene rings is 2. The molecule has 220 valence electrons. The Bertz CT molecular complexity index is 1810. The second-order valence-corrected chi connectivity index (χ2v) is 11.7. The number of anilines is 3. The number of piperazine rings is 1. The van der Waals surface area contributed by atoms with Crippen LogP contribution >= 0.6 is 0 Å². The maximum absolute atomic E-state index is 14.0. The monoisotopic (exact) mass is 579 g/mol. The Hall–Kier alpha value is -4.77. The number of carbonyl (C=O) groups is 1. The van der Waals surface area contributed by atoms with E-state index in [9.17, 15) is 9.18 Å². The van der Waals surface area contributed by atoms with Gasteiger partial charge in [0, 0.05) is 74.0 Å². The molecule has 2 N–H and O–H groups in total. The summed E-state index contributed by atoms with van der Waals surface area (Å²) in [5, 5.41) is 15.0. The number of aromatic amines is 1. The van der Waals surface area contributed by atoms with Crippen LogP contribution in [-0.4, -0.2) is 68.8 Å². The molecule has 0 spiro atoms. The Labute approximate surface area is 249 Å². The number of hydrogen-bond acceptors (Lipinski definition) is 7. The summed E-state index contributed by atoms with van der Waals surface area (Å²) in [5.74, 6) is 0.174. The fraction of sp³-hybridized carbons (Fsp3) is 0.312. The Morgan fingerprint density at radius 3 is 2.58 bits per heavy atom. The van der Waals surface area contributed by atoms with Gasteiger partial charge in [0.05, 0.1) is 11.9 Å². The van der Waals surface area contributed by atoms with Gasteiger partial charge in [-0.2, -0.15) is 10.2 Å². The van der Waals surface area contributed by atoms with Crippen molar-refractivity contribution in [2.45, 2.75) is 32.9 Å². The van der Waals surface area contributed by atoms with E-state index in [1.807, 2.05) is 44.2 Å². The largest absolute Gasteiger partial charge is 0.369 e. The quantitative estimate of drug-likeness (QED) is 0.295. The highest BCUT2D eigenvalue weighted by molar-refractivity contribution is 6.05. The number of hydrogen-bond donors (Lipinski definition) is 2. The first-order valence-electron chi connectivity index (χ1n) is 14.6. The summed E-state index contributed by atoms with van der Waals surface area (Å²) in [5.41, 5.74) is 7.12. The smallest absolute Gasteiger partial charge is 0.276 e. The highest BCUT2D eigenvalue weighted by Crippen LogP contribution is 2.34. The predicted octanol–water partition coefficient (Wildman–Crippen LogP) is 4.91. The van der Waals surface area contributed by atoms with E-state index in [0.717, 1.165) is 71.3 Å². The van der Waals surface area contributed by atoms with Gasteiger partial charge < -0.3 is 20.0 Å². The fourth-order valence-corrected chi connectivity index (χ4v) is 6.04. The molecule has 0 aliphatic carbocycles. The van der Waals surface area contributed by atoms with Crippen LogP contribution < -0.4 is 15.1 Å². The van der Waals surface area contributed by atoms with Crippen molar-refractivity contribution in [2.75, 3.05) is 48.3 Å². The molecule has 43 heavy (non-hydrogen) atoms. The normalized spacial score (nSPS) is 15.5. The van der Waals surface area contributed by atoms with E-state index in [4.69, 9.17) is 10.1 Å². The minimum Gasteiger partial charge on any atom is -0.369 e. The molecule has 0 unspecified atom stereocenters. The molecule has 1 fully saturated rings. The van der Waals surface area contributed by atoms with Crippen molar-refractivity contribution in [1.82, 2.24) is 29.7 Å². The van der Waals surface area contributed by atoms with E-state index in [0.29, 0.717) is 24.4 Å². The van der Waals surface area contributed by atoms with Crippen LogP contribution in [0, 0.1) is 5.82 Å². The van der Waals surface area contributed by atoms with Crippen LogP contribution in [-0.2, 0) is 13.1 Å². The highest BCUT2D eigenvalue weighted by atomic mass is 19.1. The number of aromatic nitrogens is 5. The summed E-state index contributed by atoms with van der Waals surface area (Å²) in [4.78, 5) is 25.7. The molecule has 5 heterocycles. The van der Waals surface area contributed by atoms with Gasteiger partial charge in [-0.05, 0) is 54.4 Å². The maximum atomic E-state index is 14.0. The van der Waals surface area contributed by atoms with Gasteiger partial charge in [-0.1, -0.05) is 26.0 Å². The van der Waals surface area contributed by atoms with Crippen LogP contribution in [0.5, 0.6) is 0 Å². The molecule has 7 rings (SSSR count). The zero-order valence-electron chi connectivity index (χ0n) is 24.5. The van der Waals surface area contributed by atoms with E-state index in [2.05, 4.69) is 43.3 Å². The number of amides is 1. The van der Waals surface area contributed by atoms with Crippen molar-refractivity contribution in [3.8, 4) is 11.3 Å². The number of likely N-dealkylation sites (N-methyl/N-ethyl adjacent to an activating group) is 1. The molecule has 2 aliphatic rings. The highest BCUT2D eigenvalue weighted by Gasteiger charge is 2.28. The average Bonchev–Trinajstić information content (AvgIpc) is 3.75. The molecule has 2 aliphatic heterocycles. The number of nitrogens with one attached hydrogen (secondary N) is 2. The number of rotatable bonds is 6. The number of H-pyrrole nitrogens is 1.